The summed E-state index contributed by atoms with van der Waals surface area (Å²) in [6.07, 6.45) is 1.62. The molecule has 0 amide bonds. The van der Waals surface area contributed by atoms with Crippen molar-refractivity contribution in [2.45, 2.75) is 30.9 Å². The lowest BCUT2D eigenvalue weighted by atomic mass is 10.1. The molecule has 2 N–H and O–H groups in total. The van der Waals surface area contributed by atoms with Gasteiger partial charge in [-0.05, 0) is 12.8 Å². The number of hydrogen-bond acceptors (Lipinski definition) is 3. The summed E-state index contributed by atoms with van der Waals surface area (Å²) in [4.78, 5) is 20.3. The Balaban J connectivity index is 3.31. The van der Waals surface area contributed by atoms with E-state index in [1.165, 1.54) is 0 Å². The maximum atomic E-state index is 10.2. The first-order chi connectivity index (χ1) is 5.54. The normalized spacial score (nSPS) is 12.4. The van der Waals surface area contributed by atoms with Crippen LogP contribution in [0.5, 0.6) is 0 Å². The number of carbonyl (C=O) groups is 2. The second kappa shape index (κ2) is 5.88. The molecule has 0 fully saturated rings. The fourth-order valence-corrected chi connectivity index (χ4v) is 0.920. The fraction of sp³-hybridized carbons (Fsp3) is 0.714. The summed E-state index contributed by atoms with van der Waals surface area (Å²) < 4.78 is 0. The lowest BCUT2D eigenvalue weighted by molar-refractivity contribution is -0.137. The predicted octanol–water partition coefficient (Wildman–Crippen LogP) is 1.01. The van der Waals surface area contributed by atoms with Gasteiger partial charge in [0.2, 0.25) is 0 Å². The van der Waals surface area contributed by atoms with E-state index in [4.69, 9.17) is 10.2 Å². The maximum absolute atomic E-state index is 10.2. The van der Waals surface area contributed by atoms with Crippen molar-refractivity contribution in [3.05, 3.63) is 0 Å². The van der Waals surface area contributed by atoms with Crippen molar-refractivity contribution < 1.29 is 19.8 Å². The van der Waals surface area contributed by atoms with E-state index >= 15 is 0 Å². The van der Waals surface area contributed by atoms with Crippen LogP contribution >= 0.6 is 12.6 Å². The summed E-state index contributed by atoms with van der Waals surface area (Å²) in [5.41, 5.74) is 0. The average molecular weight is 192 g/mol. The van der Waals surface area contributed by atoms with Crippen LogP contribution in [-0.4, -0.2) is 27.4 Å². The zero-order chi connectivity index (χ0) is 9.56. The van der Waals surface area contributed by atoms with E-state index in [0.29, 0.717) is 19.3 Å². The maximum Gasteiger partial charge on any atom is 0.316 e. The second-order valence-electron chi connectivity index (χ2n) is 2.49. The van der Waals surface area contributed by atoms with Crippen LogP contribution in [0.3, 0.4) is 0 Å². The number of rotatable bonds is 6. The molecule has 0 aromatic heterocycles. The SMILES string of the molecule is O=C(O)CCCCC(S)C(=O)O. The number of carboxylic acids is 2. The minimum Gasteiger partial charge on any atom is -0.481 e. The van der Waals surface area contributed by atoms with Gasteiger partial charge in [-0.25, -0.2) is 0 Å². The Morgan fingerprint density at radius 2 is 1.83 bits per heavy atom. The molecule has 0 aromatic rings. The van der Waals surface area contributed by atoms with Crippen LogP contribution in [-0.2, 0) is 9.59 Å². The molecule has 4 nitrogen and oxygen atoms in total. The first-order valence-corrected chi connectivity index (χ1v) is 4.18. The van der Waals surface area contributed by atoms with Crippen molar-refractivity contribution in [1.29, 1.82) is 0 Å². The summed E-state index contributed by atoms with van der Waals surface area (Å²) in [7, 11) is 0. The molecule has 70 valence electrons. The highest BCUT2D eigenvalue weighted by Crippen LogP contribution is 2.08. The van der Waals surface area contributed by atoms with Crippen molar-refractivity contribution in [2.75, 3.05) is 0 Å². The van der Waals surface area contributed by atoms with Gasteiger partial charge in [0.25, 0.3) is 0 Å². The molecule has 5 heteroatoms. The van der Waals surface area contributed by atoms with E-state index in [1.807, 2.05) is 0 Å². The van der Waals surface area contributed by atoms with Gasteiger partial charge < -0.3 is 10.2 Å². The van der Waals surface area contributed by atoms with Crippen molar-refractivity contribution in [3.63, 3.8) is 0 Å². The molecule has 0 aliphatic carbocycles. The first-order valence-electron chi connectivity index (χ1n) is 3.66. The van der Waals surface area contributed by atoms with Gasteiger partial charge in [0, 0.05) is 6.42 Å². The smallest absolute Gasteiger partial charge is 0.316 e. The summed E-state index contributed by atoms with van der Waals surface area (Å²) in [5, 5.41) is 16.0. The Morgan fingerprint density at radius 3 is 2.25 bits per heavy atom. The minimum atomic E-state index is -0.950. The number of aliphatic carboxylic acids is 2. The lowest BCUT2D eigenvalue weighted by Gasteiger charge is -2.02. The summed E-state index contributed by atoms with van der Waals surface area (Å²) in [6, 6.07) is 0. The molecule has 0 radical (unpaired) electrons. The van der Waals surface area contributed by atoms with Gasteiger partial charge >= 0.3 is 11.9 Å². The van der Waals surface area contributed by atoms with Gasteiger partial charge in [0.15, 0.2) is 0 Å². The quantitative estimate of drug-likeness (QED) is 0.434. The Bertz CT molecular complexity index is 169. The van der Waals surface area contributed by atoms with E-state index in [9.17, 15) is 9.59 Å². The van der Waals surface area contributed by atoms with Crippen LogP contribution in [0.15, 0.2) is 0 Å². The molecule has 0 aliphatic rings. The second-order valence-corrected chi connectivity index (χ2v) is 3.12. The molecule has 1 unspecified atom stereocenters. The summed E-state index contributed by atoms with van der Waals surface area (Å²) in [5.74, 6) is -1.80. The Hall–Kier alpha value is -0.710. The molecular formula is C7H12O4S. The fourth-order valence-electron chi connectivity index (χ4n) is 0.737. The van der Waals surface area contributed by atoms with Crippen LogP contribution in [0.4, 0.5) is 0 Å². The third-order valence-electron chi connectivity index (χ3n) is 1.40. The number of hydrogen-bond donors (Lipinski definition) is 3. The van der Waals surface area contributed by atoms with E-state index < -0.39 is 17.2 Å². The molecule has 0 bridgehead atoms. The van der Waals surface area contributed by atoms with Gasteiger partial charge in [0.05, 0.1) is 5.25 Å². The average Bonchev–Trinajstić information content (AvgIpc) is 1.97. The predicted molar refractivity (Wildman–Crippen MR) is 46.5 cm³/mol. The topological polar surface area (TPSA) is 74.6 Å². The molecular weight excluding hydrogens is 180 g/mol. The number of carboxylic acid groups (broad SMARTS) is 2. The van der Waals surface area contributed by atoms with Gasteiger partial charge in [-0.15, -0.1) is 0 Å². The van der Waals surface area contributed by atoms with E-state index in [1.54, 1.807) is 0 Å². The van der Waals surface area contributed by atoms with Crippen molar-refractivity contribution >= 4 is 24.6 Å². The lowest BCUT2D eigenvalue weighted by Crippen LogP contribution is -2.12. The van der Waals surface area contributed by atoms with Crippen molar-refractivity contribution in [3.8, 4) is 0 Å². The molecule has 0 aromatic carbocycles. The monoisotopic (exact) mass is 192 g/mol. The molecule has 0 spiro atoms. The standard InChI is InChI=1S/C7H12O4S/c8-6(9)4-2-1-3-5(12)7(10)11/h5,12H,1-4H2,(H,8,9)(H,10,11). The Morgan fingerprint density at radius 1 is 1.25 bits per heavy atom. The molecule has 0 saturated heterocycles. The largest absolute Gasteiger partial charge is 0.481 e. The van der Waals surface area contributed by atoms with Gasteiger partial charge in [-0.2, -0.15) is 12.6 Å². The zero-order valence-corrected chi connectivity index (χ0v) is 7.46. The van der Waals surface area contributed by atoms with Gasteiger partial charge in [-0.3, -0.25) is 9.59 Å². The van der Waals surface area contributed by atoms with Crippen molar-refractivity contribution in [2.24, 2.45) is 0 Å². The van der Waals surface area contributed by atoms with Crippen LogP contribution in [0, 0.1) is 0 Å². The molecule has 0 saturated carbocycles. The third kappa shape index (κ3) is 6.03. The third-order valence-corrected chi connectivity index (χ3v) is 1.88. The number of thiol groups is 1. The highest BCUT2D eigenvalue weighted by atomic mass is 32.1. The number of unbranched alkanes of at least 4 members (excludes halogenated alkanes) is 1. The van der Waals surface area contributed by atoms with Gasteiger partial charge in [0.1, 0.15) is 0 Å². The Labute approximate surface area is 76.0 Å². The summed E-state index contributed by atoms with van der Waals surface area (Å²) >= 11 is 3.80. The van der Waals surface area contributed by atoms with Crippen LogP contribution in [0.2, 0.25) is 0 Å². The zero-order valence-electron chi connectivity index (χ0n) is 6.56. The first kappa shape index (κ1) is 11.3. The van der Waals surface area contributed by atoms with Gasteiger partial charge in [-0.1, -0.05) is 6.42 Å². The van der Waals surface area contributed by atoms with E-state index in [2.05, 4.69) is 12.6 Å². The molecule has 12 heavy (non-hydrogen) atoms. The minimum absolute atomic E-state index is 0.0973. The summed E-state index contributed by atoms with van der Waals surface area (Å²) in [6.45, 7) is 0. The van der Waals surface area contributed by atoms with Crippen LogP contribution < -0.4 is 0 Å². The highest BCUT2D eigenvalue weighted by molar-refractivity contribution is 7.81. The molecule has 0 aliphatic heterocycles. The van der Waals surface area contributed by atoms with Crippen molar-refractivity contribution in [1.82, 2.24) is 0 Å². The molecule has 0 rings (SSSR count). The van der Waals surface area contributed by atoms with Crippen LogP contribution in [0.1, 0.15) is 25.7 Å². The van der Waals surface area contributed by atoms with E-state index in [-0.39, 0.29) is 6.42 Å². The Kier molecular flexibility index (Phi) is 5.53. The van der Waals surface area contributed by atoms with E-state index in [0.717, 1.165) is 0 Å². The molecule has 0 heterocycles. The molecule has 1 atom stereocenters. The van der Waals surface area contributed by atoms with Crippen LogP contribution in [0.25, 0.3) is 0 Å². The highest BCUT2D eigenvalue weighted by Gasteiger charge is 2.10.